The second-order valence-electron chi connectivity index (χ2n) is 5.66. The predicted octanol–water partition coefficient (Wildman–Crippen LogP) is 5.62. The van der Waals surface area contributed by atoms with Crippen LogP contribution in [0.3, 0.4) is 0 Å². The van der Waals surface area contributed by atoms with E-state index in [0.29, 0.717) is 27.0 Å². The van der Waals surface area contributed by atoms with Crippen LogP contribution in [0.5, 0.6) is 0 Å². The molecule has 0 radical (unpaired) electrons. The molecule has 0 aliphatic heterocycles. The molecular formula is C19H20Cl2N2O2. The molecule has 2 rings (SSSR count). The summed E-state index contributed by atoms with van der Waals surface area (Å²) < 4.78 is 0. The maximum atomic E-state index is 12.3. The highest BCUT2D eigenvalue weighted by molar-refractivity contribution is 6.35. The van der Waals surface area contributed by atoms with Crippen molar-refractivity contribution in [1.29, 1.82) is 0 Å². The third-order valence-corrected chi connectivity index (χ3v) is 4.51. The summed E-state index contributed by atoms with van der Waals surface area (Å²) in [6.45, 7) is 3.98. The molecule has 0 aliphatic rings. The monoisotopic (exact) mass is 378 g/mol. The highest BCUT2D eigenvalue weighted by Gasteiger charge is 2.14. The van der Waals surface area contributed by atoms with Crippen LogP contribution >= 0.6 is 23.2 Å². The number of anilines is 2. The summed E-state index contributed by atoms with van der Waals surface area (Å²) in [7, 11) is 0. The summed E-state index contributed by atoms with van der Waals surface area (Å²) in [6, 6.07) is 11.6. The molecule has 0 fully saturated rings. The third-order valence-electron chi connectivity index (χ3n) is 3.95. The summed E-state index contributed by atoms with van der Waals surface area (Å²) >= 11 is 12.0. The maximum Gasteiger partial charge on any atom is 0.255 e. The lowest BCUT2D eigenvalue weighted by Crippen LogP contribution is -2.21. The molecule has 0 saturated carbocycles. The van der Waals surface area contributed by atoms with Crippen molar-refractivity contribution in [3.05, 3.63) is 58.1 Å². The van der Waals surface area contributed by atoms with Crippen molar-refractivity contribution >= 4 is 46.4 Å². The van der Waals surface area contributed by atoms with Gasteiger partial charge in [0.25, 0.3) is 5.91 Å². The maximum absolute atomic E-state index is 12.3. The largest absolute Gasteiger partial charge is 0.326 e. The first kappa shape index (κ1) is 19.3. The van der Waals surface area contributed by atoms with Gasteiger partial charge in [0.05, 0.1) is 10.7 Å². The predicted molar refractivity (Wildman–Crippen MR) is 104 cm³/mol. The lowest BCUT2D eigenvalue weighted by molar-refractivity contribution is -0.120. The molecule has 0 aromatic heterocycles. The van der Waals surface area contributed by atoms with Crippen molar-refractivity contribution in [2.45, 2.75) is 26.7 Å². The van der Waals surface area contributed by atoms with Crippen LogP contribution in [0.4, 0.5) is 11.4 Å². The highest BCUT2D eigenvalue weighted by atomic mass is 35.5. The summed E-state index contributed by atoms with van der Waals surface area (Å²) in [6.07, 6.45) is 1.59. The van der Waals surface area contributed by atoms with Gasteiger partial charge in [0.2, 0.25) is 5.91 Å². The van der Waals surface area contributed by atoms with E-state index < -0.39 is 0 Å². The van der Waals surface area contributed by atoms with E-state index in [1.165, 1.54) is 0 Å². The van der Waals surface area contributed by atoms with Crippen LogP contribution < -0.4 is 10.6 Å². The Morgan fingerprint density at radius 1 is 0.960 bits per heavy atom. The van der Waals surface area contributed by atoms with Crippen LogP contribution in [0.1, 0.15) is 37.0 Å². The molecule has 6 heteroatoms. The number of hydrogen-bond donors (Lipinski definition) is 2. The number of amides is 2. The normalized spacial score (nSPS) is 10.6. The van der Waals surface area contributed by atoms with Gasteiger partial charge in [-0.25, -0.2) is 0 Å². The Morgan fingerprint density at radius 3 is 2.20 bits per heavy atom. The van der Waals surface area contributed by atoms with Crippen LogP contribution in [0, 0.1) is 5.92 Å². The van der Waals surface area contributed by atoms with E-state index >= 15 is 0 Å². The van der Waals surface area contributed by atoms with Crippen LogP contribution in [0.15, 0.2) is 42.5 Å². The van der Waals surface area contributed by atoms with Crippen molar-refractivity contribution in [2.75, 3.05) is 10.6 Å². The third kappa shape index (κ3) is 5.21. The van der Waals surface area contributed by atoms with Crippen LogP contribution in [-0.2, 0) is 4.79 Å². The fourth-order valence-corrected chi connectivity index (χ4v) is 2.73. The number of benzene rings is 2. The van der Waals surface area contributed by atoms with Crippen molar-refractivity contribution < 1.29 is 9.59 Å². The fraction of sp³-hybridized carbons (Fsp3) is 0.263. The minimum Gasteiger partial charge on any atom is -0.326 e. The van der Waals surface area contributed by atoms with Crippen molar-refractivity contribution in [2.24, 2.45) is 5.92 Å². The summed E-state index contributed by atoms with van der Waals surface area (Å²) in [5.41, 5.74) is 1.57. The molecule has 132 valence electrons. The minimum atomic E-state index is -0.304. The number of hydrogen-bond acceptors (Lipinski definition) is 2. The first-order valence-corrected chi connectivity index (χ1v) is 8.87. The zero-order valence-electron chi connectivity index (χ0n) is 14.1. The molecule has 2 aromatic rings. The zero-order valence-corrected chi connectivity index (χ0v) is 15.6. The summed E-state index contributed by atoms with van der Waals surface area (Å²) in [4.78, 5) is 24.4. The highest BCUT2D eigenvalue weighted by Crippen LogP contribution is 2.26. The van der Waals surface area contributed by atoms with E-state index in [4.69, 9.17) is 23.2 Å². The average molecular weight is 379 g/mol. The van der Waals surface area contributed by atoms with Gasteiger partial charge in [-0.3, -0.25) is 9.59 Å². The Kier molecular flexibility index (Phi) is 6.85. The van der Waals surface area contributed by atoms with E-state index in [2.05, 4.69) is 10.6 Å². The van der Waals surface area contributed by atoms with Gasteiger partial charge in [0.1, 0.15) is 0 Å². The molecule has 4 nitrogen and oxygen atoms in total. The SMILES string of the molecule is CCC(CC)C(=O)Nc1ccc(C(=O)Nc2cc(Cl)ccc2Cl)cc1. The minimum absolute atomic E-state index is 0.00653. The van der Waals surface area contributed by atoms with E-state index in [-0.39, 0.29) is 17.7 Å². The van der Waals surface area contributed by atoms with Crippen molar-refractivity contribution in [3.63, 3.8) is 0 Å². The fourth-order valence-electron chi connectivity index (χ4n) is 2.40. The number of halogens is 2. The Labute approximate surface area is 157 Å². The Morgan fingerprint density at radius 2 is 1.60 bits per heavy atom. The van der Waals surface area contributed by atoms with E-state index in [9.17, 15) is 9.59 Å². The molecule has 2 aromatic carbocycles. The zero-order chi connectivity index (χ0) is 18.4. The lowest BCUT2D eigenvalue weighted by atomic mass is 10.0. The molecule has 0 bridgehead atoms. The molecule has 2 N–H and O–H groups in total. The molecule has 0 atom stereocenters. The van der Waals surface area contributed by atoms with Gasteiger partial charge in [-0.1, -0.05) is 37.0 Å². The molecular weight excluding hydrogens is 359 g/mol. The number of nitrogens with one attached hydrogen (secondary N) is 2. The first-order valence-electron chi connectivity index (χ1n) is 8.11. The number of rotatable bonds is 6. The molecule has 0 heterocycles. The van der Waals surface area contributed by atoms with Crippen molar-refractivity contribution in [1.82, 2.24) is 0 Å². The lowest BCUT2D eigenvalue weighted by Gasteiger charge is -2.13. The van der Waals surface area contributed by atoms with E-state index in [1.807, 2.05) is 13.8 Å². The summed E-state index contributed by atoms with van der Waals surface area (Å²) in [5.74, 6) is -0.317. The number of carbonyl (C=O) groups is 2. The van der Waals surface area contributed by atoms with Crippen LogP contribution in [0.2, 0.25) is 10.0 Å². The molecule has 0 aliphatic carbocycles. The van der Waals surface area contributed by atoms with Crippen molar-refractivity contribution in [3.8, 4) is 0 Å². The average Bonchev–Trinajstić information content (AvgIpc) is 2.60. The standard InChI is InChI=1S/C19H20Cl2N2O2/c1-3-12(4-2)18(24)22-15-8-5-13(6-9-15)19(25)23-17-11-14(20)7-10-16(17)21/h5-12H,3-4H2,1-2H3,(H,22,24)(H,23,25). The van der Waals surface area contributed by atoms with Gasteiger partial charge < -0.3 is 10.6 Å². The first-order chi connectivity index (χ1) is 11.9. The van der Waals surface area contributed by atoms with Gasteiger partial charge in [-0.15, -0.1) is 0 Å². The molecule has 0 unspecified atom stereocenters. The molecule has 25 heavy (non-hydrogen) atoms. The van der Waals surface area contributed by atoms with Gasteiger partial charge in [0, 0.05) is 22.2 Å². The molecule has 2 amide bonds. The topological polar surface area (TPSA) is 58.2 Å². The second kappa shape index (κ2) is 8.88. The Hall–Kier alpha value is -2.04. The van der Waals surface area contributed by atoms with Gasteiger partial charge >= 0.3 is 0 Å². The Bertz CT molecular complexity index is 757. The Balaban J connectivity index is 2.05. The van der Waals surface area contributed by atoms with Gasteiger partial charge in [-0.2, -0.15) is 0 Å². The van der Waals surface area contributed by atoms with Crippen LogP contribution in [-0.4, -0.2) is 11.8 Å². The van der Waals surface area contributed by atoms with E-state index in [1.54, 1.807) is 42.5 Å². The number of carbonyl (C=O) groups excluding carboxylic acids is 2. The van der Waals surface area contributed by atoms with E-state index in [0.717, 1.165) is 12.8 Å². The second-order valence-corrected chi connectivity index (χ2v) is 6.50. The molecule has 0 saturated heterocycles. The summed E-state index contributed by atoms with van der Waals surface area (Å²) in [5, 5.41) is 6.48. The quantitative estimate of drug-likeness (QED) is 0.684. The molecule has 0 spiro atoms. The van der Waals surface area contributed by atoms with Gasteiger partial charge in [0.15, 0.2) is 0 Å². The smallest absolute Gasteiger partial charge is 0.255 e. The van der Waals surface area contributed by atoms with Crippen LogP contribution in [0.25, 0.3) is 0 Å². The van der Waals surface area contributed by atoms with Gasteiger partial charge in [-0.05, 0) is 55.3 Å².